The SMILES string of the molecule is CCc1nc(/C(N)=C(\CN2C(=O)CNC2=O)N(C)N)ccc1Br. The third-order valence-corrected chi connectivity index (χ3v) is 4.23. The molecule has 3 amide bonds. The number of hydrogen-bond acceptors (Lipinski definition) is 6. The van der Waals surface area contributed by atoms with Gasteiger partial charge in [0.25, 0.3) is 0 Å². The van der Waals surface area contributed by atoms with Crippen molar-refractivity contribution < 1.29 is 9.59 Å². The maximum atomic E-state index is 11.7. The molecule has 9 heteroatoms. The van der Waals surface area contributed by atoms with Crippen molar-refractivity contribution in [2.24, 2.45) is 11.6 Å². The molecule has 1 fully saturated rings. The fourth-order valence-electron chi connectivity index (χ4n) is 2.18. The molecule has 1 aliphatic rings. The molecule has 0 bridgehead atoms. The molecule has 0 saturated carbocycles. The summed E-state index contributed by atoms with van der Waals surface area (Å²) < 4.78 is 0.897. The van der Waals surface area contributed by atoms with Gasteiger partial charge < -0.3 is 16.1 Å². The zero-order chi connectivity index (χ0) is 17.1. The van der Waals surface area contributed by atoms with Gasteiger partial charge in [0.1, 0.15) is 0 Å². The largest absolute Gasteiger partial charge is 0.395 e. The van der Waals surface area contributed by atoms with Crippen LogP contribution in [0, 0.1) is 0 Å². The summed E-state index contributed by atoms with van der Waals surface area (Å²) in [6.45, 7) is 1.96. The van der Waals surface area contributed by atoms with Crippen molar-refractivity contribution in [1.82, 2.24) is 20.2 Å². The van der Waals surface area contributed by atoms with Crippen molar-refractivity contribution in [1.29, 1.82) is 0 Å². The number of imide groups is 1. The van der Waals surface area contributed by atoms with Crippen LogP contribution in [0.1, 0.15) is 18.3 Å². The zero-order valence-electron chi connectivity index (χ0n) is 13.0. The number of hydrogen-bond donors (Lipinski definition) is 3. The van der Waals surface area contributed by atoms with Crippen LogP contribution in [0.3, 0.4) is 0 Å². The second-order valence-corrected chi connectivity index (χ2v) is 5.94. The van der Waals surface area contributed by atoms with Gasteiger partial charge in [0.05, 0.1) is 35.9 Å². The molecule has 8 nitrogen and oxygen atoms in total. The van der Waals surface area contributed by atoms with Crippen molar-refractivity contribution in [2.75, 3.05) is 20.1 Å². The fraction of sp³-hybridized carbons (Fsp3) is 0.357. The van der Waals surface area contributed by atoms with E-state index in [1.165, 1.54) is 5.01 Å². The number of nitrogens with two attached hydrogens (primary N) is 2. The molecule has 2 rings (SSSR count). The van der Waals surface area contributed by atoms with Crippen molar-refractivity contribution in [3.8, 4) is 0 Å². The highest BCUT2D eigenvalue weighted by Gasteiger charge is 2.30. The Morgan fingerprint density at radius 3 is 2.70 bits per heavy atom. The standard InChI is InChI=1S/C14H19BrN6O2/c1-3-9-8(15)4-5-10(19-9)13(16)11(20(2)17)7-21-12(22)6-18-14(21)23/h4-5H,3,6-7,16-17H2,1-2H3,(H,18,23)/b13-11-. The van der Waals surface area contributed by atoms with Crippen LogP contribution in [0.5, 0.6) is 0 Å². The Balaban J connectivity index is 2.39. The van der Waals surface area contributed by atoms with Crippen LogP contribution in [0.25, 0.3) is 5.70 Å². The lowest BCUT2D eigenvalue weighted by Gasteiger charge is -2.23. The second kappa shape index (κ2) is 6.97. The number of carbonyl (C=O) groups excluding carboxylic acids is 2. The highest BCUT2D eigenvalue weighted by molar-refractivity contribution is 9.10. The van der Waals surface area contributed by atoms with E-state index in [0.29, 0.717) is 17.1 Å². The highest BCUT2D eigenvalue weighted by Crippen LogP contribution is 2.20. The Bertz CT molecular complexity index is 657. The average molecular weight is 383 g/mol. The molecule has 0 atom stereocenters. The first-order chi connectivity index (χ1) is 10.8. The number of nitrogens with zero attached hydrogens (tertiary/aromatic N) is 3. The van der Waals surface area contributed by atoms with Gasteiger partial charge in [-0.15, -0.1) is 0 Å². The quantitative estimate of drug-likeness (QED) is 0.385. The smallest absolute Gasteiger partial charge is 0.324 e. The topological polar surface area (TPSA) is 118 Å². The minimum atomic E-state index is -0.458. The number of hydrazine groups is 1. The van der Waals surface area contributed by atoms with Gasteiger partial charge in [0.15, 0.2) is 0 Å². The van der Waals surface area contributed by atoms with E-state index in [9.17, 15) is 9.59 Å². The van der Waals surface area contributed by atoms with Crippen LogP contribution in [-0.4, -0.2) is 47.0 Å². The molecule has 0 radical (unpaired) electrons. The molecular weight excluding hydrogens is 364 g/mol. The summed E-state index contributed by atoms with van der Waals surface area (Å²) in [5.74, 6) is 5.51. The summed E-state index contributed by atoms with van der Waals surface area (Å²) in [6.07, 6.45) is 0.739. The molecule has 23 heavy (non-hydrogen) atoms. The molecular formula is C14H19BrN6O2. The molecule has 2 heterocycles. The fourth-order valence-corrected chi connectivity index (χ4v) is 2.68. The Labute approximate surface area is 142 Å². The van der Waals surface area contributed by atoms with Crippen molar-refractivity contribution >= 4 is 33.6 Å². The average Bonchev–Trinajstić information content (AvgIpc) is 2.83. The van der Waals surface area contributed by atoms with Gasteiger partial charge in [-0.1, -0.05) is 6.92 Å². The number of rotatable bonds is 5. The summed E-state index contributed by atoms with van der Waals surface area (Å²) in [6, 6.07) is 3.16. The summed E-state index contributed by atoms with van der Waals surface area (Å²) in [5.41, 5.74) is 8.36. The van der Waals surface area contributed by atoms with Crippen LogP contribution < -0.4 is 16.9 Å². The number of pyridine rings is 1. The number of halogens is 1. The van der Waals surface area contributed by atoms with E-state index in [-0.39, 0.29) is 19.0 Å². The Morgan fingerprint density at radius 1 is 1.48 bits per heavy atom. The molecule has 1 aromatic heterocycles. The minimum Gasteiger partial charge on any atom is -0.395 e. The van der Waals surface area contributed by atoms with Gasteiger partial charge >= 0.3 is 6.03 Å². The van der Waals surface area contributed by atoms with Crippen molar-refractivity contribution in [3.63, 3.8) is 0 Å². The van der Waals surface area contributed by atoms with E-state index in [1.54, 1.807) is 13.1 Å². The van der Waals surface area contributed by atoms with Gasteiger partial charge in [0, 0.05) is 11.5 Å². The Hall–Kier alpha value is -2.13. The van der Waals surface area contributed by atoms with Gasteiger partial charge in [-0.25, -0.2) is 10.6 Å². The van der Waals surface area contributed by atoms with E-state index >= 15 is 0 Å². The van der Waals surface area contributed by atoms with Crippen LogP contribution in [-0.2, 0) is 11.2 Å². The highest BCUT2D eigenvalue weighted by atomic mass is 79.9. The second-order valence-electron chi connectivity index (χ2n) is 5.09. The molecule has 0 spiro atoms. The molecule has 1 aliphatic heterocycles. The van der Waals surface area contributed by atoms with Gasteiger partial charge in [-0.05, 0) is 34.5 Å². The minimum absolute atomic E-state index is 0.0112. The maximum Gasteiger partial charge on any atom is 0.324 e. The third-order valence-electron chi connectivity index (χ3n) is 3.51. The summed E-state index contributed by atoms with van der Waals surface area (Å²) in [5, 5.41) is 3.76. The molecule has 5 N–H and O–H groups in total. The summed E-state index contributed by atoms with van der Waals surface area (Å²) >= 11 is 3.43. The zero-order valence-corrected chi connectivity index (χ0v) is 14.6. The normalized spacial score (nSPS) is 15.6. The molecule has 0 aromatic carbocycles. The van der Waals surface area contributed by atoms with E-state index in [2.05, 4.69) is 26.2 Å². The van der Waals surface area contributed by atoms with Crippen LogP contribution in [0.2, 0.25) is 0 Å². The van der Waals surface area contributed by atoms with Crippen LogP contribution in [0.4, 0.5) is 4.79 Å². The maximum absolute atomic E-state index is 11.7. The third kappa shape index (κ3) is 3.62. The molecule has 1 aromatic rings. The van der Waals surface area contributed by atoms with E-state index < -0.39 is 6.03 Å². The Morgan fingerprint density at radius 2 is 2.17 bits per heavy atom. The lowest BCUT2D eigenvalue weighted by Crippen LogP contribution is -2.39. The molecule has 1 saturated heterocycles. The predicted octanol–water partition coefficient (Wildman–Crippen LogP) is 0.391. The predicted molar refractivity (Wildman–Crippen MR) is 89.5 cm³/mol. The van der Waals surface area contributed by atoms with Gasteiger partial charge in [-0.3, -0.25) is 14.7 Å². The first kappa shape index (κ1) is 17.2. The number of carbonyl (C=O) groups is 2. The van der Waals surface area contributed by atoms with Gasteiger partial charge in [0.2, 0.25) is 5.91 Å². The lowest BCUT2D eigenvalue weighted by molar-refractivity contribution is -0.124. The van der Waals surface area contributed by atoms with E-state index in [1.807, 2.05) is 13.0 Å². The van der Waals surface area contributed by atoms with Gasteiger partial charge in [-0.2, -0.15) is 0 Å². The van der Waals surface area contributed by atoms with Crippen molar-refractivity contribution in [3.05, 3.63) is 33.7 Å². The van der Waals surface area contributed by atoms with Crippen LogP contribution >= 0.6 is 15.9 Å². The van der Waals surface area contributed by atoms with E-state index in [4.69, 9.17) is 11.6 Å². The lowest BCUT2D eigenvalue weighted by atomic mass is 10.2. The monoisotopic (exact) mass is 382 g/mol. The number of likely N-dealkylation sites (N-methyl/N-ethyl adjacent to an activating group) is 1. The Kier molecular flexibility index (Phi) is 5.22. The number of nitrogens with one attached hydrogen (secondary N) is 1. The summed E-state index contributed by atoms with van der Waals surface area (Å²) in [7, 11) is 1.60. The van der Waals surface area contributed by atoms with Crippen LogP contribution in [0.15, 0.2) is 22.3 Å². The molecule has 0 aliphatic carbocycles. The number of amides is 3. The van der Waals surface area contributed by atoms with Crippen molar-refractivity contribution in [2.45, 2.75) is 13.3 Å². The molecule has 124 valence electrons. The molecule has 0 unspecified atom stereocenters. The number of aromatic nitrogens is 1. The first-order valence-electron chi connectivity index (χ1n) is 7.06. The number of aryl methyl sites for hydroxylation is 1. The first-order valence-corrected chi connectivity index (χ1v) is 7.85. The summed E-state index contributed by atoms with van der Waals surface area (Å²) in [4.78, 5) is 29.0. The number of urea groups is 1. The van der Waals surface area contributed by atoms with E-state index in [0.717, 1.165) is 21.5 Å².